The standard InChI is InChI=1S/C23H22N2O2/c1-2-22(26)25-14-6-9-17-15-18(12-13-21(17)25)24-23(27)20-11-5-8-16-7-3-4-10-19(16)20/h3-5,7-8,10-13,15H,2,6,9,14H2,1H3,(H,24,27). The third kappa shape index (κ3) is 3.31. The van der Waals surface area contributed by atoms with Crippen molar-refractivity contribution in [3.05, 3.63) is 71.8 Å². The third-order valence-corrected chi connectivity index (χ3v) is 5.09. The number of amides is 2. The Hall–Kier alpha value is -3.14. The Morgan fingerprint density at radius 2 is 1.85 bits per heavy atom. The molecular formula is C23H22N2O2. The van der Waals surface area contributed by atoms with E-state index in [9.17, 15) is 9.59 Å². The molecular weight excluding hydrogens is 336 g/mol. The van der Waals surface area contributed by atoms with Crippen molar-refractivity contribution in [3.63, 3.8) is 0 Å². The second-order valence-corrected chi connectivity index (χ2v) is 6.83. The van der Waals surface area contributed by atoms with Crippen LogP contribution in [0.4, 0.5) is 11.4 Å². The monoisotopic (exact) mass is 358 g/mol. The number of hydrogen-bond acceptors (Lipinski definition) is 2. The fourth-order valence-electron chi connectivity index (χ4n) is 3.75. The van der Waals surface area contributed by atoms with Gasteiger partial charge >= 0.3 is 0 Å². The fraction of sp³-hybridized carbons (Fsp3) is 0.217. The number of nitrogens with one attached hydrogen (secondary N) is 1. The molecule has 0 spiro atoms. The van der Waals surface area contributed by atoms with E-state index >= 15 is 0 Å². The van der Waals surface area contributed by atoms with Gasteiger partial charge in [0.05, 0.1) is 0 Å². The van der Waals surface area contributed by atoms with Gasteiger partial charge in [0, 0.05) is 29.9 Å². The van der Waals surface area contributed by atoms with Crippen molar-refractivity contribution in [1.82, 2.24) is 0 Å². The number of fused-ring (bicyclic) bond motifs is 2. The quantitative estimate of drug-likeness (QED) is 0.732. The van der Waals surface area contributed by atoms with Crippen LogP contribution in [0.15, 0.2) is 60.7 Å². The van der Waals surface area contributed by atoms with E-state index in [1.165, 1.54) is 0 Å². The predicted octanol–water partition coefficient (Wildman–Crippen LogP) is 4.78. The second kappa shape index (κ2) is 7.23. The SMILES string of the molecule is CCC(=O)N1CCCc2cc(NC(=O)c3cccc4ccccc34)ccc21. The summed E-state index contributed by atoms with van der Waals surface area (Å²) in [6, 6.07) is 19.4. The largest absolute Gasteiger partial charge is 0.322 e. The van der Waals surface area contributed by atoms with Crippen LogP contribution in [0.2, 0.25) is 0 Å². The Labute approximate surface area is 158 Å². The van der Waals surface area contributed by atoms with Gasteiger partial charge in [0.2, 0.25) is 5.91 Å². The lowest BCUT2D eigenvalue weighted by Crippen LogP contribution is -2.34. The van der Waals surface area contributed by atoms with Crippen LogP contribution >= 0.6 is 0 Å². The van der Waals surface area contributed by atoms with Crippen molar-refractivity contribution in [3.8, 4) is 0 Å². The molecule has 4 heteroatoms. The molecule has 0 saturated carbocycles. The van der Waals surface area contributed by atoms with Gasteiger partial charge in [0.15, 0.2) is 0 Å². The highest BCUT2D eigenvalue weighted by Crippen LogP contribution is 2.30. The molecule has 0 radical (unpaired) electrons. The lowest BCUT2D eigenvalue weighted by Gasteiger charge is -2.29. The number of carbonyl (C=O) groups excluding carboxylic acids is 2. The summed E-state index contributed by atoms with van der Waals surface area (Å²) in [6.07, 6.45) is 2.36. The molecule has 136 valence electrons. The van der Waals surface area contributed by atoms with Crippen molar-refractivity contribution in [2.45, 2.75) is 26.2 Å². The smallest absolute Gasteiger partial charge is 0.256 e. The molecule has 0 saturated heterocycles. The van der Waals surface area contributed by atoms with Crippen molar-refractivity contribution >= 4 is 34.0 Å². The van der Waals surface area contributed by atoms with Gasteiger partial charge in [-0.25, -0.2) is 0 Å². The van der Waals surface area contributed by atoms with E-state index < -0.39 is 0 Å². The maximum absolute atomic E-state index is 12.8. The summed E-state index contributed by atoms with van der Waals surface area (Å²) in [6.45, 7) is 2.65. The Bertz CT molecular complexity index is 1020. The van der Waals surface area contributed by atoms with Gasteiger partial charge in [0.1, 0.15) is 0 Å². The van der Waals surface area contributed by atoms with Gasteiger partial charge in [-0.1, -0.05) is 43.3 Å². The molecule has 0 bridgehead atoms. The van der Waals surface area contributed by atoms with Crippen molar-refractivity contribution in [2.24, 2.45) is 0 Å². The number of anilines is 2. The summed E-state index contributed by atoms with van der Waals surface area (Å²) in [4.78, 5) is 26.9. The molecule has 1 heterocycles. The second-order valence-electron chi connectivity index (χ2n) is 6.83. The third-order valence-electron chi connectivity index (χ3n) is 5.09. The molecule has 27 heavy (non-hydrogen) atoms. The van der Waals surface area contributed by atoms with E-state index in [-0.39, 0.29) is 11.8 Å². The molecule has 2 amide bonds. The molecule has 0 unspecified atom stereocenters. The number of carbonyl (C=O) groups is 2. The Kier molecular flexibility index (Phi) is 4.63. The van der Waals surface area contributed by atoms with Crippen LogP contribution in [0.3, 0.4) is 0 Å². The maximum atomic E-state index is 12.8. The van der Waals surface area contributed by atoms with Crippen LogP contribution in [-0.2, 0) is 11.2 Å². The highest BCUT2D eigenvalue weighted by molar-refractivity contribution is 6.13. The topological polar surface area (TPSA) is 49.4 Å². The summed E-state index contributed by atoms with van der Waals surface area (Å²) < 4.78 is 0. The van der Waals surface area contributed by atoms with E-state index in [1.807, 2.05) is 72.5 Å². The van der Waals surface area contributed by atoms with E-state index in [1.54, 1.807) is 0 Å². The van der Waals surface area contributed by atoms with Crippen LogP contribution in [0, 0.1) is 0 Å². The number of nitrogens with zero attached hydrogens (tertiary/aromatic N) is 1. The van der Waals surface area contributed by atoms with Crippen LogP contribution in [0.25, 0.3) is 10.8 Å². The lowest BCUT2D eigenvalue weighted by molar-refractivity contribution is -0.118. The lowest BCUT2D eigenvalue weighted by atomic mass is 10.00. The van der Waals surface area contributed by atoms with E-state index in [4.69, 9.17) is 0 Å². The van der Waals surface area contributed by atoms with Crippen LogP contribution in [0.1, 0.15) is 35.7 Å². The Morgan fingerprint density at radius 3 is 2.70 bits per heavy atom. The molecule has 0 atom stereocenters. The van der Waals surface area contributed by atoms with Crippen molar-refractivity contribution in [2.75, 3.05) is 16.8 Å². The molecule has 3 aromatic carbocycles. The van der Waals surface area contributed by atoms with Crippen LogP contribution < -0.4 is 10.2 Å². The van der Waals surface area contributed by atoms with Gasteiger partial charge < -0.3 is 10.2 Å². The Balaban J connectivity index is 1.62. The van der Waals surface area contributed by atoms with Crippen LogP contribution in [-0.4, -0.2) is 18.4 Å². The average molecular weight is 358 g/mol. The first-order valence-corrected chi connectivity index (χ1v) is 9.40. The first kappa shape index (κ1) is 17.3. The minimum atomic E-state index is -0.121. The minimum absolute atomic E-state index is 0.121. The molecule has 0 fully saturated rings. The van der Waals surface area contributed by atoms with Gasteiger partial charge in [-0.05, 0) is 53.4 Å². The zero-order valence-electron chi connectivity index (χ0n) is 15.4. The summed E-state index contributed by atoms with van der Waals surface area (Å²) in [7, 11) is 0. The molecule has 1 aliphatic heterocycles. The summed E-state index contributed by atoms with van der Waals surface area (Å²) in [5.74, 6) is 0.0209. The van der Waals surface area contributed by atoms with Crippen molar-refractivity contribution < 1.29 is 9.59 Å². The van der Waals surface area contributed by atoms with E-state index in [0.29, 0.717) is 12.0 Å². The zero-order chi connectivity index (χ0) is 18.8. The fourth-order valence-corrected chi connectivity index (χ4v) is 3.75. The van der Waals surface area contributed by atoms with Crippen molar-refractivity contribution in [1.29, 1.82) is 0 Å². The van der Waals surface area contributed by atoms with Gasteiger partial charge in [-0.3, -0.25) is 9.59 Å². The predicted molar refractivity (Wildman–Crippen MR) is 109 cm³/mol. The molecule has 3 aromatic rings. The van der Waals surface area contributed by atoms with Gasteiger partial charge in [-0.15, -0.1) is 0 Å². The molecule has 0 aliphatic carbocycles. The normalized spacial score (nSPS) is 13.3. The average Bonchev–Trinajstić information content (AvgIpc) is 2.72. The summed E-state index contributed by atoms with van der Waals surface area (Å²) >= 11 is 0. The van der Waals surface area contributed by atoms with E-state index in [2.05, 4.69) is 5.32 Å². The maximum Gasteiger partial charge on any atom is 0.256 e. The molecule has 0 aromatic heterocycles. The van der Waals surface area contributed by atoms with Crippen LogP contribution in [0.5, 0.6) is 0 Å². The zero-order valence-corrected chi connectivity index (χ0v) is 15.4. The number of aryl methyl sites for hydroxylation is 1. The minimum Gasteiger partial charge on any atom is -0.322 e. The number of benzene rings is 3. The number of hydrogen-bond donors (Lipinski definition) is 1. The number of rotatable bonds is 3. The summed E-state index contributed by atoms with van der Waals surface area (Å²) in [5, 5.41) is 5.00. The van der Waals surface area contributed by atoms with E-state index in [0.717, 1.165) is 47.1 Å². The highest BCUT2D eigenvalue weighted by atomic mass is 16.2. The first-order valence-electron chi connectivity index (χ1n) is 9.40. The molecule has 1 aliphatic rings. The summed E-state index contributed by atoms with van der Waals surface area (Å²) in [5.41, 5.74) is 3.50. The molecule has 1 N–H and O–H groups in total. The van der Waals surface area contributed by atoms with Gasteiger partial charge in [-0.2, -0.15) is 0 Å². The molecule has 4 nitrogen and oxygen atoms in total. The van der Waals surface area contributed by atoms with Gasteiger partial charge in [0.25, 0.3) is 5.91 Å². The first-order chi connectivity index (χ1) is 13.2. The highest BCUT2D eigenvalue weighted by Gasteiger charge is 2.21. The Morgan fingerprint density at radius 1 is 1.04 bits per heavy atom. The molecule has 4 rings (SSSR count).